The molecule has 0 atom stereocenters. The lowest BCUT2D eigenvalue weighted by Gasteiger charge is -2.30. The van der Waals surface area contributed by atoms with Crippen LogP contribution >= 0.6 is 10.8 Å². The maximum atomic E-state index is 10.3. The van der Waals surface area contributed by atoms with E-state index in [1.54, 1.807) is 18.5 Å². The molecule has 0 aliphatic heterocycles. The van der Waals surface area contributed by atoms with Gasteiger partial charge in [-0.3, -0.25) is 20.6 Å². The van der Waals surface area contributed by atoms with Crippen molar-refractivity contribution in [1.82, 2.24) is 20.0 Å². The molecule has 0 saturated heterocycles. The molecule has 10 nitrogen and oxygen atoms in total. The second-order valence-electron chi connectivity index (χ2n) is 2.89. The Hall–Kier alpha value is -1.50. The second-order valence-corrected chi connectivity index (χ2v) is 4.71. The van der Waals surface area contributed by atoms with Crippen molar-refractivity contribution in [3.05, 3.63) is 18.5 Å². The largest absolute Gasteiger partial charge is 0.464 e. The van der Waals surface area contributed by atoms with Gasteiger partial charge in [0.2, 0.25) is 0 Å². The summed E-state index contributed by atoms with van der Waals surface area (Å²) in [5, 5.41) is 19.2. The number of aromatic nitrogens is 1. The molecule has 1 amide bonds. The van der Waals surface area contributed by atoms with Gasteiger partial charge < -0.3 is 10.1 Å². The SMILES string of the molecule is NS(N)(NNCONc1cc[nH]c1)NC(=O)O. The van der Waals surface area contributed by atoms with Crippen LogP contribution in [0.1, 0.15) is 0 Å². The summed E-state index contributed by atoms with van der Waals surface area (Å²) in [5.41, 5.74) is 5.86. The van der Waals surface area contributed by atoms with Gasteiger partial charge in [0.05, 0.1) is 5.69 Å². The van der Waals surface area contributed by atoms with Gasteiger partial charge in [-0.15, -0.1) is 0 Å². The van der Waals surface area contributed by atoms with Crippen LogP contribution < -0.4 is 30.7 Å². The number of H-pyrrole nitrogens is 1. The average Bonchev–Trinajstić information content (AvgIpc) is 2.67. The molecular weight excluding hydrogens is 250 g/mol. The van der Waals surface area contributed by atoms with Crippen molar-refractivity contribution in [3.63, 3.8) is 0 Å². The van der Waals surface area contributed by atoms with E-state index in [1.165, 1.54) is 0 Å². The second kappa shape index (κ2) is 6.29. The summed E-state index contributed by atoms with van der Waals surface area (Å²) in [4.78, 5) is 20.5. The molecule has 0 bridgehead atoms. The minimum Gasteiger partial charge on any atom is -0.464 e. The molecule has 0 aromatic carbocycles. The number of carboxylic acid groups (broad SMARTS) is 1. The summed E-state index contributed by atoms with van der Waals surface area (Å²) in [6.07, 6.45) is 2.11. The van der Waals surface area contributed by atoms with Gasteiger partial charge in [-0.25, -0.2) is 14.9 Å². The van der Waals surface area contributed by atoms with Gasteiger partial charge in [0.1, 0.15) is 6.73 Å². The van der Waals surface area contributed by atoms with E-state index in [4.69, 9.17) is 20.2 Å². The van der Waals surface area contributed by atoms with Crippen molar-refractivity contribution < 1.29 is 14.7 Å². The van der Waals surface area contributed by atoms with E-state index >= 15 is 0 Å². The van der Waals surface area contributed by atoms with Gasteiger partial charge in [0, 0.05) is 23.2 Å². The van der Waals surface area contributed by atoms with Gasteiger partial charge in [-0.2, -0.15) is 4.83 Å². The molecular formula is C6H15N7O3S. The summed E-state index contributed by atoms with van der Waals surface area (Å²) < 4.78 is 1.92. The summed E-state index contributed by atoms with van der Waals surface area (Å²) >= 11 is 0. The van der Waals surface area contributed by atoms with E-state index in [2.05, 4.69) is 20.7 Å². The summed E-state index contributed by atoms with van der Waals surface area (Å²) in [5.74, 6) is 0. The molecule has 0 fully saturated rings. The maximum absolute atomic E-state index is 10.3. The lowest BCUT2D eigenvalue weighted by molar-refractivity contribution is 0.167. The van der Waals surface area contributed by atoms with E-state index in [1.807, 2.05) is 4.72 Å². The van der Waals surface area contributed by atoms with Gasteiger partial charge in [-0.05, 0) is 6.07 Å². The van der Waals surface area contributed by atoms with Gasteiger partial charge in [0.25, 0.3) is 0 Å². The van der Waals surface area contributed by atoms with E-state index in [0.717, 1.165) is 5.69 Å². The molecule has 1 aromatic rings. The lowest BCUT2D eigenvalue weighted by atomic mass is 10.6. The molecule has 0 saturated carbocycles. The Morgan fingerprint density at radius 2 is 2.35 bits per heavy atom. The number of anilines is 1. The predicted molar refractivity (Wildman–Crippen MR) is 63.8 cm³/mol. The average molecular weight is 265 g/mol. The van der Waals surface area contributed by atoms with Gasteiger partial charge in [-0.1, -0.05) is 0 Å². The molecule has 1 heterocycles. The zero-order valence-electron chi connectivity index (χ0n) is 8.77. The Balaban J connectivity index is 2.09. The first-order valence-electron chi connectivity index (χ1n) is 4.39. The number of nitrogens with one attached hydrogen (secondary N) is 5. The quantitative estimate of drug-likeness (QED) is 0.178. The first-order valence-corrected chi connectivity index (χ1v) is 6.15. The Kier molecular flexibility index (Phi) is 5.02. The van der Waals surface area contributed by atoms with Crippen LogP contribution in [-0.2, 0) is 4.84 Å². The van der Waals surface area contributed by atoms with Crippen molar-refractivity contribution in [2.75, 3.05) is 12.2 Å². The van der Waals surface area contributed by atoms with Crippen molar-refractivity contribution in [2.24, 2.45) is 10.3 Å². The number of carbonyl (C=O) groups is 1. The van der Waals surface area contributed by atoms with E-state index in [9.17, 15) is 4.79 Å². The van der Waals surface area contributed by atoms with Crippen molar-refractivity contribution in [3.8, 4) is 0 Å². The summed E-state index contributed by atoms with van der Waals surface area (Å²) in [6, 6.07) is 1.76. The number of hydrazine groups is 1. The molecule has 1 aromatic heterocycles. The van der Waals surface area contributed by atoms with Crippen LogP contribution in [0.2, 0.25) is 0 Å². The van der Waals surface area contributed by atoms with Crippen LogP contribution in [0.3, 0.4) is 0 Å². The Morgan fingerprint density at radius 3 is 2.94 bits per heavy atom. The lowest BCUT2D eigenvalue weighted by Crippen LogP contribution is -2.52. The summed E-state index contributed by atoms with van der Waals surface area (Å²) in [7, 11) is -2.64. The van der Waals surface area contributed by atoms with Crippen LogP contribution in [0.15, 0.2) is 18.5 Å². The molecule has 0 aliphatic carbocycles. The van der Waals surface area contributed by atoms with Crippen molar-refractivity contribution >= 4 is 22.6 Å². The van der Waals surface area contributed by atoms with Crippen LogP contribution in [0.25, 0.3) is 0 Å². The van der Waals surface area contributed by atoms with Crippen LogP contribution in [0.5, 0.6) is 0 Å². The minimum absolute atomic E-state index is 0.0234. The van der Waals surface area contributed by atoms with Crippen LogP contribution in [-0.4, -0.2) is 22.9 Å². The molecule has 17 heavy (non-hydrogen) atoms. The van der Waals surface area contributed by atoms with Crippen LogP contribution in [0, 0.1) is 0 Å². The van der Waals surface area contributed by atoms with E-state index in [0.29, 0.717) is 0 Å². The number of amides is 1. The normalized spacial score (nSPS) is 12.1. The highest BCUT2D eigenvalue weighted by molar-refractivity contribution is 8.27. The molecule has 0 spiro atoms. The fourth-order valence-electron chi connectivity index (χ4n) is 0.862. The maximum Gasteiger partial charge on any atom is 0.416 e. The predicted octanol–water partition coefficient (Wildman–Crippen LogP) is -0.940. The topological polar surface area (TPSA) is 162 Å². The number of nitrogens with two attached hydrogens (primary N) is 2. The van der Waals surface area contributed by atoms with E-state index in [-0.39, 0.29) is 6.73 Å². The fraction of sp³-hybridized carbons (Fsp3) is 0.167. The number of rotatable bonds is 7. The molecule has 0 radical (unpaired) electrons. The van der Waals surface area contributed by atoms with Crippen LogP contribution in [0.4, 0.5) is 10.5 Å². The first kappa shape index (κ1) is 13.6. The fourth-order valence-corrected chi connectivity index (χ4v) is 1.50. The molecule has 1 rings (SSSR count). The Labute approximate surface area is 98.8 Å². The number of hydrogen-bond donors (Lipinski definition) is 8. The monoisotopic (exact) mass is 265 g/mol. The number of hydrogen-bond acceptors (Lipinski definition) is 7. The Bertz CT molecular complexity index is 343. The highest BCUT2D eigenvalue weighted by atomic mass is 32.3. The number of aromatic amines is 1. The molecule has 0 unspecified atom stereocenters. The van der Waals surface area contributed by atoms with Crippen molar-refractivity contribution in [2.45, 2.75) is 0 Å². The molecule has 11 heteroatoms. The third-order valence-electron chi connectivity index (χ3n) is 1.43. The third kappa shape index (κ3) is 5.96. The van der Waals surface area contributed by atoms with Gasteiger partial charge >= 0.3 is 6.09 Å². The third-order valence-corrected chi connectivity index (χ3v) is 2.42. The van der Waals surface area contributed by atoms with Crippen molar-refractivity contribution in [1.29, 1.82) is 0 Å². The highest BCUT2D eigenvalue weighted by Gasteiger charge is 2.13. The van der Waals surface area contributed by atoms with E-state index < -0.39 is 16.9 Å². The Morgan fingerprint density at radius 1 is 1.59 bits per heavy atom. The zero-order chi connectivity index (χ0) is 12.7. The highest BCUT2D eigenvalue weighted by Crippen LogP contribution is 2.14. The van der Waals surface area contributed by atoms with Gasteiger partial charge in [0.15, 0.2) is 0 Å². The molecule has 10 N–H and O–H groups in total. The molecule has 0 aliphatic rings. The first-order chi connectivity index (χ1) is 7.99. The summed E-state index contributed by atoms with van der Waals surface area (Å²) in [6.45, 7) is 0.0234. The minimum atomic E-state index is -2.64. The zero-order valence-corrected chi connectivity index (χ0v) is 9.58. The smallest absolute Gasteiger partial charge is 0.416 e. The standard InChI is InChI=1S/C6H15N7O3S/c7-17(8,12-6(14)15)13-10-4-16-11-5-1-2-9-3-5/h1-3,9-13H,4,7-8H2,(H,14,15). The molecule has 98 valence electrons.